The number of aromatic nitrogens is 2. The number of carbonyl (C=O) groups is 1. The maximum absolute atomic E-state index is 11.8. The Morgan fingerprint density at radius 2 is 2.04 bits per heavy atom. The average molecular weight is 375 g/mol. The SMILES string of the molecule is CCCN(CCC)c1cc(Cl)nc(SCC(=O)NCCCOC)n1. The largest absolute Gasteiger partial charge is 0.385 e. The summed E-state index contributed by atoms with van der Waals surface area (Å²) in [5, 5.41) is 3.77. The number of hydrogen-bond donors (Lipinski definition) is 1. The number of ether oxygens (including phenoxy) is 1. The Morgan fingerprint density at radius 1 is 1.33 bits per heavy atom. The van der Waals surface area contributed by atoms with Crippen molar-refractivity contribution in [1.82, 2.24) is 15.3 Å². The summed E-state index contributed by atoms with van der Waals surface area (Å²) in [6.07, 6.45) is 2.87. The normalized spacial score (nSPS) is 10.7. The first kappa shape index (κ1) is 21.0. The van der Waals surface area contributed by atoms with Crippen molar-refractivity contribution in [3.63, 3.8) is 0 Å². The number of anilines is 1. The third-order valence-corrected chi connectivity index (χ3v) is 4.19. The van der Waals surface area contributed by atoms with Gasteiger partial charge < -0.3 is 15.0 Å². The van der Waals surface area contributed by atoms with Crippen molar-refractivity contribution in [3.05, 3.63) is 11.2 Å². The summed E-state index contributed by atoms with van der Waals surface area (Å²) in [6, 6.07) is 1.78. The molecule has 0 radical (unpaired) electrons. The molecule has 1 amide bonds. The van der Waals surface area contributed by atoms with Crippen molar-refractivity contribution in [3.8, 4) is 0 Å². The lowest BCUT2D eigenvalue weighted by Crippen LogP contribution is -2.27. The van der Waals surface area contributed by atoms with Crippen LogP contribution in [-0.4, -0.2) is 55.0 Å². The second kappa shape index (κ2) is 12.3. The number of amides is 1. The van der Waals surface area contributed by atoms with Gasteiger partial charge in [0.2, 0.25) is 5.91 Å². The molecule has 1 rings (SSSR count). The molecule has 0 unspecified atom stereocenters. The number of carbonyl (C=O) groups excluding carboxylic acids is 1. The van der Waals surface area contributed by atoms with E-state index in [1.165, 1.54) is 11.8 Å². The predicted octanol–water partition coefficient (Wildman–Crippen LogP) is 3.00. The highest BCUT2D eigenvalue weighted by molar-refractivity contribution is 7.99. The first-order valence-corrected chi connectivity index (χ1v) is 9.65. The van der Waals surface area contributed by atoms with Gasteiger partial charge in [-0.3, -0.25) is 4.79 Å². The lowest BCUT2D eigenvalue weighted by Gasteiger charge is -2.22. The van der Waals surface area contributed by atoms with Crippen molar-refractivity contribution < 1.29 is 9.53 Å². The third-order valence-electron chi connectivity index (χ3n) is 3.15. The van der Waals surface area contributed by atoms with Crippen LogP contribution < -0.4 is 10.2 Å². The van der Waals surface area contributed by atoms with Crippen molar-refractivity contribution in [2.24, 2.45) is 0 Å². The average Bonchev–Trinajstić information content (AvgIpc) is 2.56. The number of hydrogen-bond acceptors (Lipinski definition) is 6. The van der Waals surface area contributed by atoms with E-state index in [4.69, 9.17) is 16.3 Å². The highest BCUT2D eigenvalue weighted by atomic mass is 35.5. The fourth-order valence-corrected chi connectivity index (χ4v) is 3.03. The Morgan fingerprint density at radius 3 is 2.67 bits per heavy atom. The molecule has 1 N–H and O–H groups in total. The minimum Gasteiger partial charge on any atom is -0.385 e. The monoisotopic (exact) mass is 374 g/mol. The number of nitrogens with zero attached hydrogens (tertiary/aromatic N) is 3. The predicted molar refractivity (Wildman–Crippen MR) is 100 cm³/mol. The lowest BCUT2D eigenvalue weighted by atomic mass is 10.3. The molecule has 8 heteroatoms. The van der Waals surface area contributed by atoms with Crippen molar-refractivity contribution >= 4 is 35.1 Å². The van der Waals surface area contributed by atoms with E-state index in [1.54, 1.807) is 13.2 Å². The fraction of sp³-hybridized carbons (Fsp3) is 0.688. The number of thioether (sulfide) groups is 1. The fourth-order valence-electron chi connectivity index (χ4n) is 2.12. The first-order chi connectivity index (χ1) is 11.6. The molecule has 24 heavy (non-hydrogen) atoms. The van der Waals surface area contributed by atoms with Gasteiger partial charge in [-0.05, 0) is 19.3 Å². The molecule has 1 aromatic rings. The van der Waals surface area contributed by atoms with E-state index in [0.717, 1.165) is 38.2 Å². The van der Waals surface area contributed by atoms with E-state index in [-0.39, 0.29) is 11.7 Å². The maximum Gasteiger partial charge on any atom is 0.230 e. The molecule has 0 atom stereocenters. The summed E-state index contributed by atoms with van der Waals surface area (Å²) < 4.78 is 4.95. The van der Waals surface area contributed by atoms with Gasteiger partial charge in [-0.25, -0.2) is 9.97 Å². The Bertz CT molecular complexity index is 499. The van der Waals surface area contributed by atoms with Gasteiger partial charge in [-0.15, -0.1) is 0 Å². The van der Waals surface area contributed by atoms with Crippen LogP contribution in [0.25, 0.3) is 0 Å². The first-order valence-electron chi connectivity index (χ1n) is 8.28. The number of halogens is 1. The molecule has 0 aromatic carbocycles. The van der Waals surface area contributed by atoms with E-state index in [9.17, 15) is 4.79 Å². The number of methoxy groups -OCH3 is 1. The van der Waals surface area contributed by atoms with Crippen LogP contribution in [0.15, 0.2) is 11.2 Å². The molecule has 0 fully saturated rings. The van der Waals surface area contributed by atoms with Gasteiger partial charge in [0.15, 0.2) is 5.16 Å². The summed E-state index contributed by atoms with van der Waals surface area (Å²) in [7, 11) is 1.64. The van der Waals surface area contributed by atoms with E-state index in [1.807, 2.05) is 0 Å². The molecule has 0 saturated heterocycles. The summed E-state index contributed by atoms with van der Waals surface area (Å²) in [5.74, 6) is 1.05. The summed E-state index contributed by atoms with van der Waals surface area (Å²) in [5.41, 5.74) is 0. The standard InChI is InChI=1S/C16H27ClN4O2S/c1-4-8-21(9-5-2)14-11-13(17)19-16(20-14)24-12-15(22)18-7-6-10-23-3/h11H,4-10,12H2,1-3H3,(H,18,22). The zero-order chi connectivity index (χ0) is 17.8. The van der Waals surface area contributed by atoms with Gasteiger partial charge in [0, 0.05) is 39.4 Å². The summed E-state index contributed by atoms with van der Waals surface area (Å²) in [4.78, 5) is 22.8. The number of rotatable bonds is 12. The molecular weight excluding hydrogens is 348 g/mol. The van der Waals surface area contributed by atoms with Crippen LogP contribution in [0.1, 0.15) is 33.1 Å². The van der Waals surface area contributed by atoms with Crippen LogP contribution in [0.4, 0.5) is 5.82 Å². The smallest absolute Gasteiger partial charge is 0.230 e. The Labute approximate surface area is 153 Å². The zero-order valence-corrected chi connectivity index (χ0v) is 16.3. The molecule has 1 aromatic heterocycles. The van der Waals surface area contributed by atoms with E-state index in [0.29, 0.717) is 23.5 Å². The minimum atomic E-state index is -0.0415. The molecule has 6 nitrogen and oxygen atoms in total. The molecule has 0 spiro atoms. The highest BCUT2D eigenvalue weighted by Crippen LogP contribution is 2.22. The van der Waals surface area contributed by atoms with Gasteiger partial charge in [0.1, 0.15) is 11.0 Å². The molecule has 0 aliphatic carbocycles. The minimum absolute atomic E-state index is 0.0415. The summed E-state index contributed by atoms with van der Waals surface area (Å²) >= 11 is 7.42. The Hall–Kier alpha value is -1.05. The molecular formula is C16H27ClN4O2S. The van der Waals surface area contributed by atoms with Crippen LogP contribution in [-0.2, 0) is 9.53 Å². The second-order valence-corrected chi connectivity index (χ2v) is 6.63. The van der Waals surface area contributed by atoms with Crippen LogP contribution in [0.2, 0.25) is 5.15 Å². The molecule has 1 heterocycles. The van der Waals surface area contributed by atoms with Crippen LogP contribution in [0.5, 0.6) is 0 Å². The van der Waals surface area contributed by atoms with Gasteiger partial charge in [-0.1, -0.05) is 37.2 Å². The van der Waals surface area contributed by atoms with E-state index in [2.05, 4.69) is 34.0 Å². The third kappa shape index (κ3) is 8.17. The molecule has 0 bridgehead atoms. The molecule has 0 aliphatic heterocycles. The lowest BCUT2D eigenvalue weighted by molar-refractivity contribution is -0.118. The Balaban J connectivity index is 2.60. The summed E-state index contributed by atoms with van der Waals surface area (Å²) in [6.45, 7) is 7.36. The topological polar surface area (TPSA) is 67.4 Å². The molecule has 136 valence electrons. The Kier molecular flexibility index (Phi) is 10.8. The quantitative estimate of drug-likeness (QED) is 0.262. The van der Waals surface area contributed by atoms with Crippen LogP contribution in [0, 0.1) is 0 Å². The van der Waals surface area contributed by atoms with Gasteiger partial charge in [0.25, 0.3) is 0 Å². The van der Waals surface area contributed by atoms with Gasteiger partial charge >= 0.3 is 0 Å². The number of nitrogens with one attached hydrogen (secondary N) is 1. The van der Waals surface area contributed by atoms with Crippen LogP contribution in [0.3, 0.4) is 0 Å². The second-order valence-electron chi connectivity index (χ2n) is 5.30. The van der Waals surface area contributed by atoms with Crippen LogP contribution >= 0.6 is 23.4 Å². The molecule has 0 aliphatic rings. The zero-order valence-electron chi connectivity index (χ0n) is 14.7. The van der Waals surface area contributed by atoms with Gasteiger partial charge in [-0.2, -0.15) is 0 Å². The van der Waals surface area contributed by atoms with Crippen molar-refractivity contribution in [2.75, 3.05) is 44.0 Å². The van der Waals surface area contributed by atoms with Crippen molar-refractivity contribution in [2.45, 2.75) is 38.3 Å². The van der Waals surface area contributed by atoms with Crippen molar-refractivity contribution in [1.29, 1.82) is 0 Å². The molecule has 0 saturated carbocycles. The van der Waals surface area contributed by atoms with Gasteiger partial charge in [0.05, 0.1) is 5.75 Å². The highest BCUT2D eigenvalue weighted by Gasteiger charge is 2.11. The maximum atomic E-state index is 11.8. The van der Waals surface area contributed by atoms with E-state index >= 15 is 0 Å². The van der Waals surface area contributed by atoms with E-state index < -0.39 is 0 Å².